The van der Waals surface area contributed by atoms with E-state index in [0.717, 1.165) is 31.5 Å². The SMILES string of the molecule is CC[C@H]1CCCN(C(=O)[C@@H](Cc2ccc(F)cc2)n2nnnc2C)C1. The van der Waals surface area contributed by atoms with Gasteiger partial charge in [0.2, 0.25) is 5.91 Å². The number of aryl methyl sites for hydroxylation is 1. The van der Waals surface area contributed by atoms with Gasteiger partial charge in [-0.05, 0) is 53.8 Å². The maximum absolute atomic E-state index is 13.2. The maximum atomic E-state index is 13.2. The van der Waals surface area contributed by atoms with Crippen molar-refractivity contribution >= 4 is 5.91 Å². The van der Waals surface area contributed by atoms with Gasteiger partial charge in [-0.25, -0.2) is 9.07 Å². The van der Waals surface area contributed by atoms with Gasteiger partial charge in [-0.15, -0.1) is 5.10 Å². The van der Waals surface area contributed by atoms with Gasteiger partial charge in [0.1, 0.15) is 17.7 Å². The summed E-state index contributed by atoms with van der Waals surface area (Å²) in [5.74, 6) is 0.911. The Morgan fingerprint density at radius 2 is 2.12 bits per heavy atom. The van der Waals surface area contributed by atoms with Gasteiger partial charge in [0, 0.05) is 19.5 Å². The number of amides is 1. The smallest absolute Gasteiger partial charge is 0.247 e. The first-order valence-corrected chi connectivity index (χ1v) is 8.86. The molecule has 0 unspecified atom stereocenters. The second kappa shape index (κ2) is 7.72. The molecule has 0 aliphatic carbocycles. The van der Waals surface area contributed by atoms with Crippen molar-refractivity contribution in [1.29, 1.82) is 0 Å². The Balaban J connectivity index is 1.84. The summed E-state index contributed by atoms with van der Waals surface area (Å²) < 4.78 is 14.8. The topological polar surface area (TPSA) is 63.9 Å². The third-order valence-corrected chi connectivity index (χ3v) is 4.99. The van der Waals surface area contributed by atoms with Crippen LogP contribution in [0.15, 0.2) is 24.3 Å². The van der Waals surface area contributed by atoms with Gasteiger partial charge >= 0.3 is 0 Å². The molecule has 1 amide bonds. The van der Waals surface area contributed by atoms with Crippen LogP contribution in [0.2, 0.25) is 0 Å². The van der Waals surface area contributed by atoms with Crippen LogP contribution in [-0.4, -0.2) is 44.1 Å². The summed E-state index contributed by atoms with van der Waals surface area (Å²) in [6, 6.07) is 5.74. The number of hydrogen-bond acceptors (Lipinski definition) is 4. The number of hydrogen-bond donors (Lipinski definition) is 0. The van der Waals surface area contributed by atoms with E-state index in [0.29, 0.717) is 18.2 Å². The molecule has 2 aromatic rings. The lowest BCUT2D eigenvalue weighted by Gasteiger charge is -2.34. The van der Waals surface area contributed by atoms with Crippen LogP contribution < -0.4 is 0 Å². The number of piperidine rings is 1. The number of halogens is 1. The number of aromatic nitrogens is 4. The largest absolute Gasteiger partial charge is 0.341 e. The quantitative estimate of drug-likeness (QED) is 0.835. The summed E-state index contributed by atoms with van der Waals surface area (Å²) in [6.45, 7) is 5.52. The van der Waals surface area contributed by atoms with E-state index in [2.05, 4.69) is 22.4 Å². The predicted octanol–water partition coefficient (Wildman–Crippen LogP) is 2.55. The van der Waals surface area contributed by atoms with Crippen LogP contribution in [0.1, 0.15) is 43.6 Å². The Morgan fingerprint density at radius 1 is 1.36 bits per heavy atom. The molecule has 7 heteroatoms. The van der Waals surface area contributed by atoms with E-state index in [1.54, 1.807) is 23.7 Å². The molecule has 0 N–H and O–H groups in total. The fourth-order valence-electron chi connectivity index (χ4n) is 3.46. The summed E-state index contributed by atoms with van der Waals surface area (Å²) >= 11 is 0. The molecule has 0 bridgehead atoms. The highest BCUT2D eigenvalue weighted by Gasteiger charge is 2.31. The summed E-state index contributed by atoms with van der Waals surface area (Å²) in [5.41, 5.74) is 0.888. The zero-order valence-electron chi connectivity index (χ0n) is 14.7. The monoisotopic (exact) mass is 345 g/mol. The Kier molecular flexibility index (Phi) is 5.40. The molecule has 1 aromatic heterocycles. The minimum atomic E-state index is -0.504. The molecule has 1 aliphatic rings. The van der Waals surface area contributed by atoms with E-state index in [-0.39, 0.29) is 11.7 Å². The number of nitrogens with zero attached hydrogens (tertiary/aromatic N) is 5. The minimum absolute atomic E-state index is 0.0397. The standard InChI is InChI=1S/C18H24FN5O/c1-3-14-5-4-10-23(12-14)18(25)17(24-13(2)20-21-22-24)11-15-6-8-16(19)9-7-15/h6-9,14,17H,3-5,10-12H2,1-2H3/t14-,17+/m0/s1. The van der Waals surface area contributed by atoms with Crippen LogP contribution in [0.4, 0.5) is 4.39 Å². The van der Waals surface area contributed by atoms with Crippen LogP contribution in [0, 0.1) is 18.7 Å². The van der Waals surface area contributed by atoms with Crippen molar-refractivity contribution in [3.8, 4) is 0 Å². The highest BCUT2D eigenvalue weighted by molar-refractivity contribution is 5.80. The van der Waals surface area contributed by atoms with E-state index in [1.165, 1.54) is 18.6 Å². The zero-order chi connectivity index (χ0) is 17.8. The van der Waals surface area contributed by atoms with Gasteiger partial charge in [-0.2, -0.15) is 0 Å². The Morgan fingerprint density at radius 3 is 2.76 bits per heavy atom. The lowest BCUT2D eigenvalue weighted by molar-refractivity contribution is -0.137. The van der Waals surface area contributed by atoms with E-state index >= 15 is 0 Å². The molecule has 1 saturated heterocycles. The van der Waals surface area contributed by atoms with Gasteiger partial charge in [-0.1, -0.05) is 25.5 Å². The molecule has 0 saturated carbocycles. The lowest BCUT2D eigenvalue weighted by Crippen LogP contribution is -2.44. The highest BCUT2D eigenvalue weighted by Crippen LogP contribution is 2.24. The average molecular weight is 345 g/mol. The van der Waals surface area contributed by atoms with Gasteiger partial charge in [0.15, 0.2) is 0 Å². The average Bonchev–Trinajstić information content (AvgIpc) is 3.06. The summed E-state index contributed by atoms with van der Waals surface area (Å²) in [4.78, 5) is 15.2. The van der Waals surface area contributed by atoms with Crippen LogP contribution >= 0.6 is 0 Å². The molecule has 1 aromatic carbocycles. The molecule has 1 fully saturated rings. The first-order chi connectivity index (χ1) is 12.1. The Hall–Kier alpha value is -2.31. The summed E-state index contributed by atoms with van der Waals surface area (Å²) in [7, 11) is 0. The number of benzene rings is 1. The van der Waals surface area contributed by atoms with Crippen molar-refractivity contribution in [1.82, 2.24) is 25.1 Å². The van der Waals surface area contributed by atoms with Crippen LogP contribution in [0.25, 0.3) is 0 Å². The molecule has 1 aliphatic heterocycles. The first kappa shape index (κ1) is 17.5. The van der Waals surface area contributed by atoms with E-state index in [4.69, 9.17) is 0 Å². The van der Waals surface area contributed by atoms with E-state index in [9.17, 15) is 9.18 Å². The molecule has 2 atom stereocenters. The summed E-state index contributed by atoms with van der Waals surface area (Å²) in [6.07, 6.45) is 3.73. The van der Waals surface area contributed by atoms with Crippen LogP contribution in [0.3, 0.4) is 0 Å². The molecular weight excluding hydrogens is 321 g/mol. The third-order valence-electron chi connectivity index (χ3n) is 4.99. The van der Waals surface area contributed by atoms with E-state index in [1.807, 2.05) is 4.90 Å². The number of carbonyl (C=O) groups is 1. The fraction of sp³-hybridized carbons (Fsp3) is 0.556. The number of carbonyl (C=O) groups excluding carboxylic acids is 1. The zero-order valence-corrected chi connectivity index (χ0v) is 14.7. The fourth-order valence-corrected chi connectivity index (χ4v) is 3.46. The summed E-state index contributed by atoms with van der Waals surface area (Å²) in [5, 5.41) is 11.6. The van der Waals surface area contributed by atoms with Crippen molar-refractivity contribution in [3.63, 3.8) is 0 Å². The van der Waals surface area contributed by atoms with Crippen molar-refractivity contribution in [2.45, 2.75) is 45.6 Å². The molecule has 0 spiro atoms. The van der Waals surface area contributed by atoms with Crippen molar-refractivity contribution in [2.24, 2.45) is 5.92 Å². The van der Waals surface area contributed by atoms with Gasteiger partial charge in [-0.3, -0.25) is 4.79 Å². The van der Waals surface area contributed by atoms with Gasteiger partial charge < -0.3 is 4.90 Å². The highest BCUT2D eigenvalue weighted by atomic mass is 19.1. The number of likely N-dealkylation sites (tertiary alicyclic amines) is 1. The van der Waals surface area contributed by atoms with Gasteiger partial charge in [0.25, 0.3) is 0 Å². The molecule has 25 heavy (non-hydrogen) atoms. The van der Waals surface area contributed by atoms with Crippen molar-refractivity contribution in [3.05, 3.63) is 41.5 Å². The van der Waals surface area contributed by atoms with Crippen molar-refractivity contribution < 1.29 is 9.18 Å². The Bertz CT molecular complexity index is 715. The molecular formula is C18H24FN5O. The lowest BCUT2D eigenvalue weighted by atomic mass is 9.94. The number of tetrazole rings is 1. The maximum Gasteiger partial charge on any atom is 0.247 e. The normalized spacial score (nSPS) is 19.0. The second-order valence-electron chi connectivity index (χ2n) is 6.72. The Labute approximate surface area is 147 Å². The van der Waals surface area contributed by atoms with Crippen molar-refractivity contribution in [2.75, 3.05) is 13.1 Å². The minimum Gasteiger partial charge on any atom is -0.341 e. The van der Waals surface area contributed by atoms with Crippen LogP contribution in [-0.2, 0) is 11.2 Å². The molecule has 0 radical (unpaired) electrons. The van der Waals surface area contributed by atoms with Crippen LogP contribution in [0.5, 0.6) is 0 Å². The molecule has 3 rings (SSSR count). The second-order valence-corrected chi connectivity index (χ2v) is 6.72. The van der Waals surface area contributed by atoms with Gasteiger partial charge in [0.05, 0.1) is 0 Å². The third kappa shape index (κ3) is 4.03. The number of rotatable bonds is 5. The predicted molar refractivity (Wildman–Crippen MR) is 91.3 cm³/mol. The molecule has 6 nitrogen and oxygen atoms in total. The van der Waals surface area contributed by atoms with E-state index < -0.39 is 6.04 Å². The first-order valence-electron chi connectivity index (χ1n) is 8.86. The molecule has 134 valence electrons. The molecule has 2 heterocycles.